The van der Waals surface area contributed by atoms with Crippen LogP contribution in [0, 0.1) is 6.92 Å². The molecule has 0 spiro atoms. The molecular formula is C11H13N5O3. The molecule has 8 nitrogen and oxygen atoms in total. The van der Waals surface area contributed by atoms with E-state index in [2.05, 4.69) is 20.4 Å². The summed E-state index contributed by atoms with van der Waals surface area (Å²) in [6.07, 6.45) is 1.90. The van der Waals surface area contributed by atoms with E-state index in [0.717, 1.165) is 0 Å². The Morgan fingerprint density at radius 2 is 2.37 bits per heavy atom. The smallest absolute Gasteiger partial charge is 0.337 e. The van der Waals surface area contributed by atoms with Gasteiger partial charge in [0.05, 0.1) is 17.4 Å². The van der Waals surface area contributed by atoms with Crippen LogP contribution in [0.4, 0.5) is 11.5 Å². The maximum Gasteiger partial charge on any atom is 0.337 e. The maximum atomic E-state index is 11.0. The van der Waals surface area contributed by atoms with Gasteiger partial charge in [0, 0.05) is 19.9 Å². The summed E-state index contributed by atoms with van der Waals surface area (Å²) in [5, 5.41) is 15.7. The number of nitrogens with one attached hydrogen (secondary N) is 1. The number of aromatic nitrogens is 3. The number of nitrogens with zero attached hydrogens (tertiary/aromatic N) is 3. The first-order chi connectivity index (χ1) is 9.06. The number of carbonyl (C=O) groups is 1. The fourth-order valence-corrected chi connectivity index (χ4v) is 1.54. The number of aromatic carboxylic acids is 1. The van der Waals surface area contributed by atoms with Crippen molar-refractivity contribution in [2.24, 2.45) is 0 Å². The molecule has 0 amide bonds. The van der Waals surface area contributed by atoms with Gasteiger partial charge in [0.15, 0.2) is 5.82 Å². The van der Waals surface area contributed by atoms with E-state index in [1.54, 1.807) is 6.92 Å². The van der Waals surface area contributed by atoms with E-state index in [-0.39, 0.29) is 11.4 Å². The van der Waals surface area contributed by atoms with Crippen LogP contribution in [0.3, 0.4) is 0 Å². The fourth-order valence-electron chi connectivity index (χ4n) is 1.54. The lowest BCUT2D eigenvalue weighted by molar-refractivity contribution is 0.0698. The van der Waals surface area contributed by atoms with Crippen molar-refractivity contribution in [1.82, 2.24) is 15.1 Å². The molecule has 4 N–H and O–H groups in total. The molecule has 0 aliphatic carbocycles. The Morgan fingerprint density at radius 3 is 3.00 bits per heavy atom. The van der Waals surface area contributed by atoms with Gasteiger partial charge in [-0.15, -0.1) is 0 Å². The molecule has 0 atom stereocenters. The minimum absolute atomic E-state index is 0.0804. The molecule has 19 heavy (non-hydrogen) atoms. The van der Waals surface area contributed by atoms with Crippen LogP contribution in [0.5, 0.6) is 0 Å². The van der Waals surface area contributed by atoms with E-state index in [9.17, 15) is 4.79 Å². The molecule has 0 aliphatic rings. The molecule has 0 saturated heterocycles. The number of anilines is 2. The molecule has 0 fully saturated rings. The van der Waals surface area contributed by atoms with Gasteiger partial charge in [-0.25, -0.2) is 9.78 Å². The van der Waals surface area contributed by atoms with Crippen LogP contribution in [0.1, 0.15) is 22.1 Å². The zero-order valence-corrected chi connectivity index (χ0v) is 10.3. The molecule has 2 rings (SSSR count). The molecule has 2 aromatic heterocycles. The van der Waals surface area contributed by atoms with Crippen molar-refractivity contribution in [2.75, 3.05) is 17.6 Å². The third kappa shape index (κ3) is 3.18. The summed E-state index contributed by atoms with van der Waals surface area (Å²) in [4.78, 5) is 18.9. The Hall–Kier alpha value is -2.64. The highest BCUT2D eigenvalue weighted by Gasteiger charge is 2.11. The molecule has 0 saturated carbocycles. The molecule has 0 aromatic carbocycles. The molecule has 0 aliphatic heterocycles. The van der Waals surface area contributed by atoms with Crippen LogP contribution in [-0.4, -0.2) is 32.7 Å². The number of nitrogens with two attached hydrogens (primary N) is 1. The summed E-state index contributed by atoms with van der Waals surface area (Å²) in [6, 6.07) is 1.31. The number of aryl methyl sites for hydroxylation is 1. The number of nitrogen functional groups attached to an aromatic ring is 1. The third-order valence-electron chi connectivity index (χ3n) is 2.39. The minimum atomic E-state index is -1.06. The lowest BCUT2D eigenvalue weighted by atomic mass is 10.2. The van der Waals surface area contributed by atoms with E-state index in [4.69, 9.17) is 15.4 Å². The second-order valence-corrected chi connectivity index (χ2v) is 3.87. The van der Waals surface area contributed by atoms with Crippen molar-refractivity contribution < 1.29 is 14.4 Å². The second kappa shape index (κ2) is 5.34. The monoisotopic (exact) mass is 263 g/mol. The minimum Gasteiger partial charge on any atom is -0.478 e. The van der Waals surface area contributed by atoms with Gasteiger partial charge in [0.2, 0.25) is 5.89 Å². The first-order valence-electron chi connectivity index (χ1n) is 5.58. The second-order valence-electron chi connectivity index (χ2n) is 3.87. The van der Waals surface area contributed by atoms with E-state index in [0.29, 0.717) is 30.4 Å². The van der Waals surface area contributed by atoms with E-state index in [1.165, 1.54) is 12.3 Å². The zero-order valence-electron chi connectivity index (χ0n) is 10.3. The van der Waals surface area contributed by atoms with Crippen LogP contribution < -0.4 is 11.1 Å². The summed E-state index contributed by atoms with van der Waals surface area (Å²) in [7, 11) is 0. The van der Waals surface area contributed by atoms with Gasteiger partial charge < -0.3 is 20.7 Å². The van der Waals surface area contributed by atoms with Crippen molar-refractivity contribution in [3.63, 3.8) is 0 Å². The SMILES string of the molecule is Cc1nc(CCNc2cnc(N)cc2C(=O)O)no1. The van der Waals surface area contributed by atoms with Gasteiger partial charge in [0.1, 0.15) is 5.82 Å². The standard InChI is InChI=1S/C11H13N5O3/c1-6-15-10(16-19-6)2-3-13-8-5-14-9(12)4-7(8)11(17)18/h4-5,13H,2-3H2,1H3,(H2,12,14)(H,17,18). The number of carboxylic acids is 1. The van der Waals surface area contributed by atoms with Gasteiger partial charge in [0.25, 0.3) is 0 Å². The number of rotatable bonds is 5. The average Bonchev–Trinajstić information content (AvgIpc) is 2.77. The normalized spacial score (nSPS) is 10.4. The third-order valence-corrected chi connectivity index (χ3v) is 2.39. The largest absolute Gasteiger partial charge is 0.478 e. The summed E-state index contributed by atoms with van der Waals surface area (Å²) in [5.74, 6) is 0.157. The molecule has 0 radical (unpaired) electrons. The van der Waals surface area contributed by atoms with Gasteiger partial charge in [-0.3, -0.25) is 0 Å². The first kappa shape index (κ1) is 12.8. The summed E-state index contributed by atoms with van der Waals surface area (Å²) < 4.78 is 4.83. The van der Waals surface area contributed by atoms with Crippen molar-refractivity contribution in [1.29, 1.82) is 0 Å². The van der Waals surface area contributed by atoms with Crippen LogP contribution >= 0.6 is 0 Å². The topological polar surface area (TPSA) is 127 Å². The lowest BCUT2D eigenvalue weighted by Crippen LogP contribution is -2.11. The molecule has 8 heteroatoms. The van der Waals surface area contributed by atoms with Crippen molar-refractivity contribution in [3.05, 3.63) is 29.5 Å². The van der Waals surface area contributed by atoms with Crippen LogP contribution in [0.2, 0.25) is 0 Å². The number of carboxylic acid groups (broad SMARTS) is 1. The lowest BCUT2D eigenvalue weighted by Gasteiger charge is -2.08. The molecular weight excluding hydrogens is 250 g/mol. The highest BCUT2D eigenvalue weighted by atomic mass is 16.5. The van der Waals surface area contributed by atoms with Gasteiger partial charge >= 0.3 is 5.97 Å². The van der Waals surface area contributed by atoms with E-state index in [1.807, 2.05) is 0 Å². The predicted octanol–water partition coefficient (Wildman–Crippen LogP) is 0.708. The summed E-state index contributed by atoms with van der Waals surface area (Å²) in [6.45, 7) is 2.17. The van der Waals surface area contributed by atoms with Crippen LogP contribution in [-0.2, 0) is 6.42 Å². The van der Waals surface area contributed by atoms with Crippen molar-refractivity contribution in [3.8, 4) is 0 Å². The summed E-state index contributed by atoms with van der Waals surface area (Å²) in [5.41, 5.74) is 5.94. The first-order valence-corrected chi connectivity index (χ1v) is 5.58. The molecule has 0 unspecified atom stereocenters. The van der Waals surface area contributed by atoms with Crippen molar-refractivity contribution >= 4 is 17.5 Å². The Balaban J connectivity index is 2.01. The number of pyridine rings is 1. The van der Waals surface area contributed by atoms with Crippen LogP contribution in [0.15, 0.2) is 16.8 Å². The molecule has 100 valence electrons. The fraction of sp³-hybridized carbons (Fsp3) is 0.273. The quantitative estimate of drug-likeness (QED) is 0.719. The number of hydrogen-bond acceptors (Lipinski definition) is 7. The Bertz CT molecular complexity index is 596. The highest BCUT2D eigenvalue weighted by molar-refractivity contribution is 5.94. The Labute approximate surface area is 108 Å². The number of hydrogen-bond donors (Lipinski definition) is 3. The molecule has 0 bridgehead atoms. The Morgan fingerprint density at radius 1 is 1.58 bits per heavy atom. The van der Waals surface area contributed by atoms with E-state index < -0.39 is 5.97 Å². The van der Waals surface area contributed by atoms with Gasteiger partial charge in [-0.1, -0.05) is 5.16 Å². The van der Waals surface area contributed by atoms with E-state index >= 15 is 0 Å². The summed E-state index contributed by atoms with van der Waals surface area (Å²) >= 11 is 0. The molecule has 2 heterocycles. The van der Waals surface area contributed by atoms with Crippen molar-refractivity contribution in [2.45, 2.75) is 13.3 Å². The Kier molecular flexibility index (Phi) is 3.60. The zero-order chi connectivity index (χ0) is 13.8. The predicted molar refractivity (Wildman–Crippen MR) is 66.8 cm³/mol. The average molecular weight is 263 g/mol. The van der Waals surface area contributed by atoms with Gasteiger partial charge in [-0.05, 0) is 6.07 Å². The van der Waals surface area contributed by atoms with Crippen LogP contribution in [0.25, 0.3) is 0 Å². The van der Waals surface area contributed by atoms with Gasteiger partial charge in [-0.2, -0.15) is 4.98 Å². The highest BCUT2D eigenvalue weighted by Crippen LogP contribution is 2.16. The maximum absolute atomic E-state index is 11.0. The molecule has 2 aromatic rings.